The van der Waals surface area contributed by atoms with E-state index in [1.54, 1.807) is 17.8 Å². The van der Waals surface area contributed by atoms with E-state index in [-0.39, 0.29) is 5.69 Å². The number of aromatic nitrogens is 2. The van der Waals surface area contributed by atoms with Crippen molar-refractivity contribution in [2.75, 3.05) is 5.32 Å². The SMILES string of the molecule is Cc1nn(-c2ccc(Br)cc2)cc1C(=O)Nc1cccc(O)c1F. The number of nitrogens with zero attached hydrogens (tertiary/aromatic N) is 2. The van der Waals surface area contributed by atoms with Gasteiger partial charge >= 0.3 is 0 Å². The maximum absolute atomic E-state index is 13.8. The van der Waals surface area contributed by atoms with E-state index < -0.39 is 17.5 Å². The van der Waals surface area contributed by atoms with Crippen LogP contribution in [0.15, 0.2) is 53.1 Å². The lowest BCUT2D eigenvalue weighted by Crippen LogP contribution is -2.13. The second kappa shape index (κ2) is 6.45. The van der Waals surface area contributed by atoms with Crippen LogP contribution in [0.1, 0.15) is 16.1 Å². The van der Waals surface area contributed by atoms with Gasteiger partial charge in [0.25, 0.3) is 5.91 Å². The minimum atomic E-state index is -0.871. The van der Waals surface area contributed by atoms with Crippen molar-refractivity contribution in [2.24, 2.45) is 0 Å². The molecule has 0 saturated carbocycles. The van der Waals surface area contributed by atoms with Gasteiger partial charge in [0.05, 0.1) is 22.6 Å². The van der Waals surface area contributed by atoms with Crippen molar-refractivity contribution < 1.29 is 14.3 Å². The molecule has 0 aliphatic carbocycles. The molecule has 0 aliphatic heterocycles. The average Bonchev–Trinajstić information content (AvgIpc) is 2.94. The van der Waals surface area contributed by atoms with Crippen LogP contribution in [0.2, 0.25) is 0 Å². The van der Waals surface area contributed by atoms with Gasteiger partial charge in [0.2, 0.25) is 0 Å². The van der Waals surface area contributed by atoms with Crippen LogP contribution < -0.4 is 5.32 Å². The molecular formula is C17H13BrFN3O2. The van der Waals surface area contributed by atoms with Gasteiger partial charge in [0, 0.05) is 10.7 Å². The van der Waals surface area contributed by atoms with Crippen molar-refractivity contribution >= 4 is 27.5 Å². The van der Waals surface area contributed by atoms with Gasteiger partial charge in [-0.2, -0.15) is 5.10 Å². The van der Waals surface area contributed by atoms with Crippen LogP contribution in [0.5, 0.6) is 5.75 Å². The summed E-state index contributed by atoms with van der Waals surface area (Å²) in [5.74, 6) is -1.89. The van der Waals surface area contributed by atoms with Crippen LogP contribution in [-0.4, -0.2) is 20.8 Å². The maximum atomic E-state index is 13.8. The van der Waals surface area contributed by atoms with E-state index in [2.05, 4.69) is 26.3 Å². The highest BCUT2D eigenvalue weighted by atomic mass is 79.9. The first-order valence-corrected chi connectivity index (χ1v) is 7.86. The molecular weight excluding hydrogens is 377 g/mol. The number of hydrogen-bond donors (Lipinski definition) is 2. The summed E-state index contributed by atoms with van der Waals surface area (Å²) >= 11 is 3.36. The molecule has 0 unspecified atom stereocenters. The lowest BCUT2D eigenvalue weighted by molar-refractivity contribution is 0.102. The Labute approximate surface area is 145 Å². The molecule has 7 heteroatoms. The molecule has 122 valence electrons. The Balaban J connectivity index is 1.88. The van der Waals surface area contributed by atoms with E-state index in [0.717, 1.165) is 10.2 Å². The minimum absolute atomic E-state index is 0.0872. The Morgan fingerprint density at radius 3 is 2.67 bits per heavy atom. The van der Waals surface area contributed by atoms with E-state index in [9.17, 15) is 14.3 Å². The van der Waals surface area contributed by atoms with Crippen molar-refractivity contribution in [1.29, 1.82) is 0 Å². The number of carbonyl (C=O) groups is 1. The minimum Gasteiger partial charge on any atom is -0.505 e. The van der Waals surface area contributed by atoms with Gasteiger partial charge in [0.15, 0.2) is 11.6 Å². The first kappa shape index (κ1) is 16.2. The van der Waals surface area contributed by atoms with Crippen molar-refractivity contribution in [3.63, 3.8) is 0 Å². The quantitative estimate of drug-likeness (QED) is 0.710. The van der Waals surface area contributed by atoms with Crippen LogP contribution >= 0.6 is 15.9 Å². The second-order valence-electron chi connectivity index (χ2n) is 5.14. The highest BCUT2D eigenvalue weighted by Crippen LogP contribution is 2.24. The van der Waals surface area contributed by atoms with Crippen LogP contribution in [-0.2, 0) is 0 Å². The van der Waals surface area contributed by atoms with Gasteiger partial charge in [0.1, 0.15) is 0 Å². The number of halogens is 2. The molecule has 0 atom stereocenters. The second-order valence-corrected chi connectivity index (χ2v) is 6.06. The van der Waals surface area contributed by atoms with Crippen molar-refractivity contribution in [3.05, 3.63) is 70.2 Å². The maximum Gasteiger partial charge on any atom is 0.259 e. The molecule has 1 heterocycles. The van der Waals surface area contributed by atoms with Gasteiger partial charge in [-0.3, -0.25) is 4.79 Å². The molecule has 5 nitrogen and oxygen atoms in total. The van der Waals surface area contributed by atoms with E-state index >= 15 is 0 Å². The Morgan fingerprint density at radius 1 is 1.25 bits per heavy atom. The molecule has 0 spiro atoms. The molecule has 1 amide bonds. The third-order valence-corrected chi connectivity index (χ3v) is 3.99. The number of phenolic OH excluding ortho intramolecular Hbond substituents is 1. The molecule has 2 N–H and O–H groups in total. The topological polar surface area (TPSA) is 67.2 Å². The zero-order valence-electron chi connectivity index (χ0n) is 12.6. The van der Waals surface area contributed by atoms with E-state index in [4.69, 9.17) is 0 Å². The Bertz CT molecular complexity index is 907. The summed E-state index contributed by atoms with van der Waals surface area (Å²) in [5, 5.41) is 16.1. The molecule has 24 heavy (non-hydrogen) atoms. The molecule has 1 aromatic heterocycles. The molecule has 0 bridgehead atoms. The highest BCUT2D eigenvalue weighted by molar-refractivity contribution is 9.10. The van der Waals surface area contributed by atoms with Crippen molar-refractivity contribution in [3.8, 4) is 11.4 Å². The lowest BCUT2D eigenvalue weighted by Gasteiger charge is -2.06. The monoisotopic (exact) mass is 389 g/mol. The normalized spacial score (nSPS) is 10.6. The zero-order chi connectivity index (χ0) is 17.3. The fourth-order valence-corrected chi connectivity index (χ4v) is 2.48. The van der Waals surface area contributed by atoms with Crippen LogP contribution in [0, 0.1) is 12.7 Å². The first-order chi connectivity index (χ1) is 11.5. The van der Waals surface area contributed by atoms with Gasteiger partial charge < -0.3 is 10.4 Å². The molecule has 3 aromatic rings. The summed E-state index contributed by atoms with van der Waals surface area (Å²) in [4.78, 5) is 12.4. The first-order valence-electron chi connectivity index (χ1n) is 7.07. The predicted molar refractivity (Wildman–Crippen MR) is 92.0 cm³/mol. The molecule has 0 radical (unpaired) electrons. The number of anilines is 1. The Hall–Kier alpha value is -2.67. The number of aromatic hydroxyl groups is 1. The van der Waals surface area contributed by atoms with Crippen LogP contribution in [0.3, 0.4) is 0 Å². The zero-order valence-corrected chi connectivity index (χ0v) is 14.2. The molecule has 0 fully saturated rings. The number of benzene rings is 2. The standard InChI is InChI=1S/C17H13BrFN3O2/c1-10-13(9-22(21-10)12-7-5-11(18)6-8-12)17(24)20-14-3-2-4-15(23)16(14)19/h2-9,23H,1H3,(H,20,24). The van der Waals surface area contributed by atoms with Crippen LogP contribution in [0.4, 0.5) is 10.1 Å². The van der Waals surface area contributed by atoms with Gasteiger partial charge in [-0.05, 0) is 43.3 Å². The fourth-order valence-electron chi connectivity index (χ4n) is 2.22. The van der Waals surface area contributed by atoms with Gasteiger partial charge in [-0.1, -0.05) is 22.0 Å². The molecule has 3 rings (SSSR count). The summed E-state index contributed by atoms with van der Waals surface area (Å²) in [5.41, 5.74) is 1.54. The number of carbonyl (C=O) groups excluding carboxylic acids is 1. The number of aryl methyl sites for hydroxylation is 1. The number of nitrogens with one attached hydrogen (secondary N) is 1. The van der Waals surface area contributed by atoms with Gasteiger partial charge in [-0.15, -0.1) is 0 Å². The predicted octanol–water partition coefficient (Wildman–Crippen LogP) is 4.04. The summed E-state index contributed by atoms with van der Waals surface area (Å²) in [6, 6.07) is 11.5. The Morgan fingerprint density at radius 2 is 1.96 bits per heavy atom. The van der Waals surface area contributed by atoms with Crippen molar-refractivity contribution in [1.82, 2.24) is 9.78 Å². The summed E-state index contributed by atoms with van der Waals surface area (Å²) in [6.07, 6.45) is 1.58. The number of hydrogen-bond acceptors (Lipinski definition) is 3. The molecule has 2 aromatic carbocycles. The highest BCUT2D eigenvalue weighted by Gasteiger charge is 2.17. The molecule has 0 aliphatic rings. The van der Waals surface area contributed by atoms with Crippen LogP contribution in [0.25, 0.3) is 5.69 Å². The number of amides is 1. The number of rotatable bonds is 3. The average molecular weight is 390 g/mol. The van der Waals surface area contributed by atoms with E-state index in [0.29, 0.717) is 11.3 Å². The Kier molecular flexibility index (Phi) is 4.35. The molecule has 0 saturated heterocycles. The summed E-state index contributed by atoms with van der Waals surface area (Å²) in [7, 11) is 0. The van der Waals surface area contributed by atoms with Gasteiger partial charge in [-0.25, -0.2) is 9.07 Å². The van der Waals surface area contributed by atoms with E-state index in [1.165, 1.54) is 18.2 Å². The summed E-state index contributed by atoms with van der Waals surface area (Å²) in [6.45, 7) is 1.70. The number of phenols is 1. The third-order valence-electron chi connectivity index (χ3n) is 3.46. The third kappa shape index (κ3) is 3.16. The smallest absolute Gasteiger partial charge is 0.259 e. The lowest BCUT2D eigenvalue weighted by atomic mass is 10.2. The largest absolute Gasteiger partial charge is 0.505 e. The fraction of sp³-hybridized carbons (Fsp3) is 0.0588. The van der Waals surface area contributed by atoms with Crippen molar-refractivity contribution in [2.45, 2.75) is 6.92 Å². The van der Waals surface area contributed by atoms with E-state index in [1.807, 2.05) is 24.3 Å². The summed E-state index contributed by atoms with van der Waals surface area (Å²) < 4.78 is 16.3.